The maximum Gasteiger partial charge on any atom is 0.411 e. The number of hydrogen-bond acceptors (Lipinski definition) is 4. The zero-order chi connectivity index (χ0) is 23.3. The SMILES string of the molecule is Cc1cc2c(cc1C=C(C#N)C#N)C(C)CC(C)(C)C2CCOC(=O)Nc1ccccc1. The summed E-state index contributed by atoms with van der Waals surface area (Å²) in [5, 5.41) is 21.0. The highest BCUT2D eigenvalue weighted by molar-refractivity contribution is 5.84. The van der Waals surface area contributed by atoms with Crippen LogP contribution >= 0.6 is 0 Å². The van der Waals surface area contributed by atoms with Crippen LogP contribution in [0.15, 0.2) is 48.0 Å². The van der Waals surface area contributed by atoms with E-state index < -0.39 is 6.09 Å². The number of carbonyl (C=O) groups is 1. The number of fused-ring (bicyclic) bond motifs is 1. The minimum absolute atomic E-state index is 0.0555. The summed E-state index contributed by atoms with van der Waals surface area (Å²) in [5.41, 5.74) is 5.32. The monoisotopic (exact) mass is 427 g/mol. The molecule has 1 aliphatic rings. The summed E-state index contributed by atoms with van der Waals surface area (Å²) in [5.74, 6) is 0.597. The van der Waals surface area contributed by atoms with E-state index in [0.29, 0.717) is 18.2 Å². The molecule has 0 saturated heterocycles. The summed E-state index contributed by atoms with van der Waals surface area (Å²) in [6.45, 7) is 9.10. The molecule has 2 aromatic rings. The van der Waals surface area contributed by atoms with Crippen LogP contribution in [-0.2, 0) is 4.74 Å². The minimum atomic E-state index is -0.449. The molecule has 0 aromatic heterocycles. The zero-order valence-electron chi connectivity index (χ0n) is 19.1. The van der Waals surface area contributed by atoms with Gasteiger partial charge in [-0.15, -0.1) is 0 Å². The molecule has 5 nitrogen and oxygen atoms in total. The van der Waals surface area contributed by atoms with Gasteiger partial charge in [-0.3, -0.25) is 5.32 Å². The molecule has 2 unspecified atom stereocenters. The van der Waals surface area contributed by atoms with Gasteiger partial charge in [0.05, 0.1) is 6.61 Å². The summed E-state index contributed by atoms with van der Waals surface area (Å²) in [6, 6.07) is 17.4. The molecule has 5 heteroatoms. The van der Waals surface area contributed by atoms with Crippen LogP contribution < -0.4 is 5.32 Å². The van der Waals surface area contributed by atoms with Gasteiger partial charge in [0.15, 0.2) is 0 Å². The molecule has 1 aliphatic carbocycles. The second-order valence-corrected chi connectivity index (χ2v) is 9.18. The van der Waals surface area contributed by atoms with Gasteiger partial charge in [-0.2, -0.15) is 10.5 Å². The molecule has 32 heavy (non-hydrogen) atoms. The molecule has 1 N–H and O–H groups in total. The van der Waals surface area contributed by atoms with E-state index in [2.05, 4.69) is 38.2 Å². The molecule has 1 amide bonds. The molecular formula is C27H29N3O2. The smallest absolute Gasteiger partial charge is 0.411 e. The number of nitrogens with one attached hydrogen (secondary N) is 1. The number of benzene rings is 2. The average Bonchev–Trinajstić information content (AvgIpc) is 2.75. The number of anilines is 1. The van der Waals surface area contributed by atoms with Crippen molar-refractivity contribution in [3.63, 3.8) is 0 Å². The number of nitriles is 2. The Bertz CT molecular complexity index is 1090. The summed E-state index contributed by atoms with van der Waals surface area (Å²) >= 11 is 0. The quantitative estimate of drug-likeness (QED) is 0.539. The standard InChI is InChI=1S/C27H29N3O2/c1-18-12-24-23(14-21(18)13-20(16-28)17-29)19(2)15-27(3,4)25(24)10-11-32-26(31)30-22-8-6-5-7-9-22/h5-9,12-14,19,25H,10-11,15H2,1-4H3,(H,30,31). The Morgan fingerprint density at radius 3 is 2.53 bits per heavy atom. The lowest BCUT2D eigenvalue weighted by Crippen LogP contribution is -2.31. The summed E-state index contributed by atoms with van der Waals surface area (Å²) < 4.78 is 5.49. The molecule has 0 aliphatic heterocycles. The number of aryl methyl sites for hydroxylation is 1. The highest BCUT2D eigenvalue weighted by Crippen LogP contribution is 2.52. The Morgan fingerprint density at radius 1 is 1.19 bits per heavy atom. The Morgan fingerprint density at radius 2 is 1.88 bits per heavy atom. The molecule has 0 heterocycles. The maximum absolute atomic E-state index is 12.2. The van der Waals surface area contributed by atoms with Gasteiger partial charge >= 0.3 is 6.09 Å². The summed E-state index contributed by atoms with van der Waals surface area (Å²) in [4.78, 5) is 12.2. The number of para-hydroxylation sites is 1. The molecule has 0 saturated carbocycles. The Labute approximate surface area is 190 Å². The van der Waals surface area contributed by atoms with Crippen molar-refractivity contribution < 1.29 is 9.53 Å². The number of amides is 1. The van der Waals surface area contributed by atoms with E-state index in [4.69, 9.17) is 15.3 Å². The van der Waals surface area contributed by atoms with Crippen LogP contribution in [0.25, 0.3) is 6.08 Å². The third kappa shape index (κ3) is 5.18. The molecule has 2 aromatic carbocycles. The van der Waals surface area contributed by atoms with Crippen molar-refractivity contribution in [2.75, 3.05) is 11.9 Å². The first-order valence-electron chi connectivity index (χ1n) is 10.9. The molecule has 0 bridgehead atoms. The largest absolute Gasteiger partial charge is 0.449 e. The Balaban J connectivity index is 1.79. The van der Waals surface area contributed by atoms with Crippen molar-refractivity contribution in [1.29, 1.82) is 10.5 Å². The number of ether oxygens (including phenoxy) is 1. The molecule has 2 atom stereocenters. The van der Waals surface area contributed by atoms with Crippen molar-refractivity contribution in [3.8, 4) is 12.1 Å². The lowest BCUT2D eigenvalue weighted by molar-refractivity contribution is 0.137. The topological polar surface area (TPSA) is 85.9 Å². The van der Waals surface area contributed by atoms with Crippen LogP contribution in [0.5, 0.6) is 0 Å². The molecule has 0 fully saturated rings. The highest BCUT2D eigenvalue weighted by Gasteiger charge is 2.39. The van der Waals surface area contributed by atoms with Gasteiger partial charge in [-0.25, -0.2) is 4.79 Å². The van der Waals surface area contributed by atoms with Gasteiger partial charge in [-0.05, 0) is 77.5 Å². The highest BCUT2D eigenvalue weighted by atomic mass is 16.5. The normalized spacial score (nSPS) is 18.4. The number of nitrogens with zero attached hydrogens (tertiary/aromatic N) is 2. The van der Waals surface area contributed by atoms with Crippen LogP contribution in [0.1, 0.15) is 67.7 Å². The van der Waals surface area contributed by atoms with Crippen molar-refractivity contribution in [3.05, 3.63) is 70.3 Å². The van der Waals surface area contributed by atoms with Crippen molar-refractivity contribution >= 4 is 17.9 Å². The predicted molar refractivity (Wildman–Crippen MR) is 126 cm³/mol. The Kier molecular flexibility index (Phi) is 7.01. The third-order valence-electron chi connectivity index (χ3n) is 6.35. The van der Waals surface area contributed by atoms with Crippen molar-refractivity contribution in [1.82, 2.24) is 0 Å². The average molecular weight is 428 g/mol. The van der Waals surface area contributed by atoms with E-state index in [1.54, 1.807) is 6.08 Å². The second kappa shape index (κ2) is 9.71. The number of carbonyl (C=O) groups excluding carboxylic acids is 1. The van der Waals surface area contributed by atoms with Gasteiger partial charge in [0.1, 0.15) is 17.7 Å². The van der Waals surface area contributed by atoms with Gasteiger partial charge in [0, 0.05) is 5.69 Å². The fourth-order valence-electron chi connectivity index (χ4n) is 4.85. The lowest BCUT2D eigenvalue weighted by atomic mass is 9.61. The third-order valence-corrected chi connectivity index (χ3v) is 6.35. The molecule has 3 rings (SSSR count). The molecular weight excluding hydrogens is 398 g/mol. The van der Waals surface area contributed by atoms with Crippen LogP contribution in [0.4, 0.5) is 10.5 Å². The van der Waals surface area contributed by atoms with Crippen molar-refractivity contribution in [2.24, 2.45) is 5.41 Å². The number of hydrogen-bond donors (Lipinski definition) is 1. The maximum atomic E-state index is 12.2. The second-order valence-electron chi connectivity index (χ2n) is 9.18. The Hall–Kier alpha value is -3.57. The van der Waals surface area contributed by atoms with E-state index in [0.717, 1.165) is 24.0 Å². The van der Waals surface area contributed by atoms with Gasteiger partial charge in [-0.1, -0.05) is 51.1 Å². The van der Waals surface area contributed by atoms with E-state index in [1.807, 2.05) is 49.4 Å². The zero-order valence-corrected chi connectivity index (χ0v) is 19.1. The van der Waals surface area contributed by atoms with Crippen LogP contribution in [0.3, 0.4) is 0 Å². The van der Waals surface area contributed by atoms with E-state index in [9.17, 15) is 4.79 Å². The lowest BCUT2D eigenvalue weighted by Gasteiger charge is -2.43. The number of allylic oxidation sites excluding steroid dienone is 1. The van der Waals surface area contributed by atoms with E-state index in [-0.39, 0.29) is 16.9 Å². The molecule has 164 valence electrons. The molecule has 0 radical (unpaired) electrons. The van der Waals surface area contributed by atoms with Crippen molar-refractivity contribution in [2.45, 2.75) is 52.4 Å². The fourth-order valence-corrected chi connectivity index (χ4v) is 4.85. The van der Waals surface area contributed by atoms with Gasteiger partial charge in [0.2, 0.25) is 0 Å². The fraction of sp³-hybridized carbons (Fsp3) is 0.370. The number of rotatable bonds is 5. The minimum Gasteiger partial charge on any atom is -0.449 e. The van der Waals surface area contributed by atoms with E-state index in [1.165, 1.54) is 11.1 Å². The summed E-state index contributed by atoms with van der Waals surface area (Å²) in [7, 11) is 0. The first kappa shape index (κ1) is 23.1. The summed E-state index contributed by atoms with van der Waals surface area (Å²) in [6.07, 6.45) is 2.95. The van der Waals surface area contributed by atoms with E-state index >= 15 is 0 Å². The van der Waals surface area contributed by atoms with Crippen LogP contribution in [0, 0.1) is 35.0 Å². The van der Waals surface area contributed by atoms with Gasteiger partial charge in [0.25, 0.3) is 0 Å². The van der Waals surface area contributed by atoms with Crippen LogP contribution in [0.2, 0.25) is 0 Å². The first-order valence-corrected chi connectivity index (χ1v) is 10.9. The first-order chi connectivity index (χ1) is 15.2. The van der Waals surface area contributed by atoms with Crippen LogP contribution in [-0.4, -0.2) is 12.7 Å². The molecule has 0 spiro atoms. The predicted octanol–water partition coefficient (Wildman–Crippen LogP) is 6.68. The van der Waals surface area contributed by atoms with Gasteiger partial charge < -0.3 is 4.74 Å².